The van der Waals surface area contributed by atoms with Crippen molar-refractivity contribution in [1.29, 1.82) is 0 Å². The molecule has 1 fully saturated rings. The Balaban J connectivity index is 1.21. The molecule has 0 unspecified atom stereocenters. The SMILES string of the molecule is COc1ccc(N2CCN(C(=O)c3ccc4c(c3)NC(=O)[C@H](CS(=O)(=O)Cc3ccccc3Cl)N4)CC2)cc1. The zero-order valence-corrected chi connectivity index (χ0v) is 23.0. The molecule has 3 aromatic rings. The number of fused-ring (bicyclic) bond motifs is 1. The molecule has 2 heterocycles. The Labute approximate surface area is 232 Å². The number of hydrogen-bond acceptors (Lipinski definition) is 7. The van der Waals surface area contributed by atoms with Crippen LogP contribution in [0, 0.1) is 0 Å². The predicted molar refractivity (Wildman–Crippen MR) is 153 cm³/mol. The van der Waals surface area contributed by atoms with E-state index in [1.54, 1.807) is 54.5 Å². The Kier molecular flexibility index (Phi) is 7.67. The van der Waals surface area contributed by atoms with Gasteiger partial charge in [-0.05, 0) is 54.1 Å². The summed E-state index contributed by atoms with van der Waals surface area (Å²) in [5.74, 6) is -0.437. The van der Waals surface area contributed by atoms with E-state index < -0.39 is 21.8 Å². The van der Waals surface area contributed by atoms with Crippen molar-refractivity contribution in [3.8, 4) is 5.75 Å². The van der Waals surface area contributed by atoms with Crippen LogP contribution >= 0.6 is 11.6 Å². The van der Waals surface area contributed by atoms with Gasteiger partial charge in [0.05, 0.1) is 30.0 Å². The maximum Gasteiger partial charge on any atom is 0.254 e. The Morgan fingerprint density at radius 3 is 2.41 bits per heavy atom. The molecule has 3 aromatic carbocycles. The molecule has 1 saturated heterocycles. The van der Waals surface area contributed by atoms with Crippen LogP contribution in [-0.2, 0) is 20.4 Å². The fourth-order valence-electron chi connectivity index (χ4n) is 4.81. The fourth-order valence-corrected chi connectivity index (χ4v) is 6.67. The number of anilines is 3. The van der Waals surface area contributed by atoms with Gasteiger partial charge in [0.15, 0.2) is 9.84 Å². The lowest BCUT2D eigenvalue weighted by atomic mass is 10.1. The summed E-state index contributed by atoms with van der Waals surface area (Å²) in [5.41, 5.74) is 3.03. The van der Waals surface area contributed by atoms with Gasteiger partial charge in [-0.25, -0.2) is 8.42 Å². The minimum Gasteiger partial charge on any atom is -0.497 e. The van der Waals surface area contributed by atoms with Gasteiger partial charge in [0, 0.05) is 42.5 Å². The van der Waals surface area contributed by atoms with Crippen LogP contribution in [-0.4, -0.2) is 70.2 Å². The largest absolute Gasteiger partial charge is 0.497 e. The average molecular weight is 569 g/mol. The minimum absolute atomic E-state index is 0.120. The summed E-state index contributed by atoms with van der Waals surface area (Å²) in [6, 6.07) is 18.6. The van der Waals surface area contributed by atoms with Crippen LogP contribution in [0.2, 0.25) is 5.02 Å². The maximum atomic E-state index is 13.2. The van der Waals surface area contributed by atoms with E-state index in [1.807, 2.05) is 24.3 Å². The van der Waals surface area contributed by atoms with Crippen molar-refractivity contribution in [3.63, 3.8) is 0 Å². The van der Waals surface area contributed by atoms with E-state index in [1.165, 1.54) is 0 Å². The predicted octanol–water partition coefficient (Wildman–Crippen LogP) is 3.66. The summed E-state index contributed by atoms with van der Waals surface area (Å²) in [4.78, 5) is 30.0. The third-order valence-corrected chi connectivity index (χ3v) is 8.89. The van der Waals surface area contributed by atoms with Crippen molar-refractivity contribution in [1.82, 2.24) is 4.90 Å². The summed E-state index contributed by atoms with van der Waals surface area (Å²) in [6.07, 6.45) is 0. The Bertz CT molecular complexity index is 1490. The molecule has 2 aliphatic heterocycles. The number of sulfone groups is 1. The molecule has 0 aliphatic carbocycles. The van der Waals surface area contributed by atoms with E-state index in [4.69, 9.17) is 16.3 Å². The summed E-state index contributed by atoms with van der Waals surface area (Å²) >= 11 is 6.11. The number of hydrogen-bond donors (Lipinski definition) is 2. The molecular formula is C28H29ClN4O5S. The van der Waals surface area contributed by atoms with Gasteiger partial charge in [0.2, 0.25) is 5.91 Å². The first-order chi connectivity index (χ1) is 18.7. The van der Waals surface area contributed by atoms with Crippen molar-refractivity contribution < 1.29 is 22.7 Å². The second-order valence-electron chi connectivity index (χ2n) is 9.57. The molecule has 5 rings (SSSR count). The molecule has 204 valence electrons. The number of methoxy groups -OCH3 is 1. The molecule has 0 saturated carbocycles. The summed E-state index contributed by atoms with van der Waals surface area (Å²) in [5, 5.41) is 6.15. The Morgan fingerprint density at radius 2 is 1.72 bits per heavy atom. The monoisotopic (exact) mass is 568 g/mol. The van der Waals surface area contributed by atoms with Gasteiger partial charge in [0.1, 0.15) is 11.8 Å². The van der Waals surface area contributed by atoms with Crippen LogP contribution in [0.4, 0.5) is 17.1 Å². The molecule has 2 aliphatic rings. The summed E-state index contributed by atoms with van der Waals surface area (Å²) in [7, 11) is -2.00. The molecule has 0 bridgehead atoms. The number of nitrogens with zero attached hydrogens (tertiary/aromatic N) is 2. The number of halogens is 1. The highest BCUT2D eigenvalue weighted by atomic mass is 35.5. The third kappa shape index (κ3) is 6.12. The first-order valence-electron chi connectivity index (χ1n) is 12.6. The zero-order valence-electron chi connectivity index (χ0n) is 21.4. The number of carbonyl (C=O) groups excluding carboxylic acids is 2. The van der Waals surface area contributed by atoms with Crippen LogP contribution in [0.15, 0.2) is 66.7 Å². The highest BCUT2D eigenvalue weighted by Crippen LogP contribution is 2.30. The molecule has 0 spiro atoms. The normalized spacial score (nSPS) is 17.2. The number of carbonyl (C=O) groups is 2. The molecule has 2 amide bonds. The number of amides is 2. The highest BCUT2D eigenvalue weighted by Gasteiger charge is 2.31. The van der Waals surface area contributed by atoms with Gasteiger partial charge in [0.25, 0.3) is 5.91 Å². The lowest BCUT2D eigenvalue weighted by Crippen LogP contribution is -2.49. The van der Waals surface area contributed by atoms with Crippen LogP contribution in [0.5, 0.6) is 5.75 Å². The first kappa shape index (κ1) is 26.8. The number of piperazine rings is 1. The van der Waals surface area contributed by atoms with E-state index in [0.29, 0.717) is 53.7 Å². The molecule has 0 aromatic heterocycles. The Hall–Kier alpha value is -3.76. The van der Waals surface area contributed by atoms with Gasteiger partial charge in [-0.2, -0.15) is 0 Å². The number of ether oxygens (including phenoxy) is 1. The number of nitrogens with one attached hydrogen (secondary N) is 2. The lowest BCUT2D eigenvalue weighted by Gasteiger charge is -2.36. The van der Waals surface area contributed by atoms with E-state index in [0.717, 1.165) is 11.4 Å². The second-order valence-corrected chi connectivity index (χ2v) is 12.1. The minimum atomic E-state index is -3.64. The molecule has 2 N–H and O–H groups in total. The lowest BCUT2D eigenvalue weighted by molar-refractivity contribution is -0.116. The first-order valence-corrected chi connectivity index (χ1v) is 14.8. The van der Waals surface area contributed by atoms with E-state index in [-0.39, 0.29) is 17.4 Å². The van der Waals surface area contributed by atoms with Crippen LogP contribution in [0.3, 0.4) is 0 Å². The van der Waals surface area contributed by atoms with E-state index in [2.05, 4.69) is 15.5 Å². The standard InChI is InChI=1S/C28H29ClN4O5S/c1-38-22-9-7-21(8-10-22)32-12-14-33(15-13-32)28(35)19-6-11-24-25(16-19)31-27(34)26(30-24)18-39(36,37)17-20-4-2-3-5-23(20)29/h2-11,16,26,30H,12-15,17-18H2,1H3,(H,31,34)/t26-/m0/s1. The quantitative estimate of drug-likeness (QED) is 0.448. The van der Waals surface area contributed by atoms with Crippen molar-refractivity contribution in [2.45, 2.75) is 11.8 Å². The van der Waals surface area contributed by atoms with E-state index in [9.17, 15) is 18.0 Å². The van der Waals surface area contributed by atoms with Crippen molar-refractivity contribution >= 4 is 50.3 Å². The molecule has 1 atom stereocenters. The molecule has 39 heavy (non-hydrogen) atoms. The molecule has 9 nitrogen and oxygen atoms in total. The second kappa shape index (κ2) is 11.2. The van der Waals surface area contributed by atoms with Crippen molar-refractivity contribution in [2.24, 2.45) is 0 Å². The fraction of sp³-hybridized carbons (Fsp3) is 0.286. The van der Waals surface area contributed by atoms with Crippen LogP contribution < -0.4 is 20.3 Å². The highest BCUT2D eigenvalue weighted by molar-refractivity contribution is 7.90. The summed E-state index contributed by atoms with van der Waals surface area (Å²) in [6.45, 7) is 2.53. The van der Waals surface area contributed by atoms with Gasteiger partial charge in [-0.3, -0.25) is 9.59 Å². The van der Waals surface area contributed by atoms with E-state index >= 15 is 0 Å². The third-order valence-electron chi connectivity index (χ3n) is 6.93. The van der Waals surface area contributed by atoms with Gasteiger partial charge < -0.3 is 25.2 Å². The smallest absolute Gasteiger partial charge is 0.254 e. The topological polar surface area (TPSA) is 108 Å². The zero-order chi connectivity index (χ0) is 27.6. The number of rotatable bonds is 7. The van der Waals surface area contributed by atoms with Gasteiger partial charge in [-0.1, -0.05) is 29.8 Å². The number of benzene rings is 3. The van der Waals surface area contributed by atoms with Crippen molar-refractivity contribution in [3.05, 3.63) is 82.9 Å². The van der Waals surface area contributed by atoms with Gasteiger partial charge >= 0.3 is 0 Å². The average Bonchev–Trinajstić information content (AvgIpc) is 2.94. The Morgan fingerprint density at radius 1 is 1.00 bits per heavy atom. The van der Waals surface area contributed by atoms with Crippen LogP contribution in [0.1, 0.15) is 15.9 Å². The molecule has 11 heteroatoms. The van der Waals surface area contributed by atoms with Crippen LogP contribution in [0.25, 0.3) is 0 Å². The van der Waals surface area contributed by atoms with Gasteiger partial charge in [-0.15, -0.1) is 0 Å². The molecule has 0 radical (unpaired) electrons. The maximum absolute atomic E-state index is 13.2. The molecular weight excluding hydrogens is 540 g/mol. The van der Waals surface area contributed by atoms with Crippen molar-refractivity contribution in [2.75, 3.05) is 54.6 Å². The summed E-state index contributed by atoms with van der Waals surface area (Å²) < 4.78 is 30.8.